The van der Waals surface area contributed by atoms with Crippen LogP contribution in [0.4, 0.5) is 5.69 Å². The maximum Gasteiger partial charge on any atom is 0.257 e. The lowest BCUT2D eigenvalue weighted by Gasteiger charge is -2.07. The molecular formula is C16H10NO3S-. The predicted molar refractivity (Wildman–Crippen MR) is 80.6 cm³/mol. The molecule has 4 nitrogen and oxygen atoms in total. The molecule has 0 radical (unpaired) electrons. The predicted octanol–water partition coefficient (Wildman–Crippen LogP) is 2.52. The van der Waals surface area contributed by atoms with Gasteiger partial charge in [0.15, 0.2) is 0 Å². The van der Waals surface area contributed by atoms with Crippen molar-refractivity contribution in [2.24, 2.45) is 0 Å². The van der Waals surface area contributed by atoms with Gasteiger partial charge in [0.2, 0.25) is 0 Å². The minimum atomic E-state index is -1.27. The number of carboxylic acids is 1. The fraction of sp³-hybridized carbons (Fsp3) is 0. The molecule has 0 aliphatic rings. The Morgan fingerprint density at radius 3 is 2.67 bits per heavy atom. The molecule has 1 heterocycles. The third-order valence-electron chi connectivity index (χ3n) is 3.08. The molecule has 0 spiro atoms. The smallest absolute Gasteiger partial charge is 0.257 e. The topological polar surface area (TPSA) is 69.2 Å². The van der Waals surface area contributed by atoms with Gasteiger partial charge in [-0.05, 0) is 23.8 Å². The maximum atomic E-state index is 12.3. The Bertz CT molecular complexity index is 838. The number of amides is 1. The Kier molecular flexibility index (Phi) is 3.41. The van der Waals surface area contributed by atoms with Crippen LogP contribution in [-0.4, -0.2) is 11.9 Å². The number of thiophene rings is 1. The van der Waals surface area contributed by atoms with E-state index in [0.29, 0.717) is 11.3 Å². The van der Waals surface area contributed by atoms with Crippen LogP contribution in [0.1, 0.15) is 20.7 Å². The number of carbonyl (C=O) groups is 2. The molecule has 104 valence electrons. The van der Waals surface area contributed by atoms with E-state index < -0.39 is 5.97 Å². The highest BCUT2D eigenvalue weighted by molar-refractivity contribution is 7.17. The second-order valence-corrected chi connectivity index (χ2v) is 5.38. The Hall–Kier alpha value is -2.66. The van der Waals surface area contributed by atoms with E-state index in [1.54, 1.807) is 17.5 Å². The van der Waals surface area contributed by atoms with Crippen molar-refractivity contribution in [2.75, 3.05) is 5.32 Å². The third kappa shape index (κ3) is 2.64. The molecule has 5 heteroatoms. The lowest BCUT2D eigenvalue weighted by Crippen LogP contribution is -2.22. The molecule has 0 aliphatic heterocycles. The Labute approximate surface area is 124 Å². The number of fused-ring (bicyclic) bond motifs is 1. The highest BCUT2D eigenvalue weighted by atomic mass is 32.1. The molecule has 0 aliphatic carbocycles. The first-order valence-electron chi connectivity index (χ1n) is 6.24. The van der Waals surface area contributed by atoms with Gasteiger partial charge in [-0.1, -0.05) is 30.3 Å². The summed E-state index contributed by atoms with van der Waals surface area (Å²) in [6.45, 7) is 0. The van der Waals surface area contributed by atoms with Crippen molar-refractivity contribution in [1.29, 1.82) is 0 Å². The number of hydrogen-bond acceptors (Lipinski definition) is 4. The van der Waals surface area contributed by atoms with Crippen molar-refractivity contribution >= 4 is 39.0 Å². The van der Waals surface area contributed by atoms with Crippen LogP contribution in [0.15, 0.2) is 53.9 Å². The Morgan fingerprint density at radius 2 is 1.86 bits per heavy atom. The van der Waals surface area contributed by atoms with Crippen LogP contribution in [0, 0.1) is 0 Å². The molecule has 1 N–H and O–H groups in total. The number of carboxylic acid groups (broad SMARTS) is 1. The van der Waals surface area contributed by atoms with Gasteiger partial charge in [-0.2, -0.15) is 0 Å². The van der Waals surface area contributed by atoms with Crippen LogP contribution < -0.4 is 10.4 Å². The van der Waals surface area contributed by atoms with E-state index in [4.69, 9.17) is 0 Å². The summed E-state index contributed by atoms with van der Waals surface area (Å²) in [6.07, 6.45) is 0. The zero-order valence-electron chi connectivity index (χ0n) is 10.8. The lowest BCUT2D eigenvalue weighted by molar-refractivity contribution is -0.255. The number of rotatable bonds is 3. The normalized spacial score (nSPS) is 10.5. The number of anilines is 1. The highest BCUT2D eigenvalue weighted by Gasteiger charge is 2.12. The first-order chi connectivity index (χ1) is 10.1. The number of nitrogens with one attached hydrogen (secondary N) is 1. The standard InChI is InChI=1S/C16H11NO3S/c18-15(13-9-21-14-7-2-1-6-12(13)14)17-11-5-3-4-10(8-11)16(19)20/h1-9H,(H,17,18)(H,19,20)/p-1. The first kappa shape index (κ1) is 13.3. The first-order valence-corrected chi connectivity index (χ1v) is 7.12. The fourth-order valence-electron chi connectivity index (χ4n) is 2.08. The summed E-state index contributed by atoms with van der Waals surface area (Å²) in [5, 5.41) is 16.2. The molecule has 0 saturated carbocycles. The van der Waals surface area contributed by atoms with E-state index in [9.17, 15) is 14.7 Å². The van der Waals surface area contributed by atoms with E-state index in [0.717, 1.165) is 10.1 Å². The Morgan fingerprint density at radius 1 is 1.05 bits per heavy atom. The summed E-state index contributed by atoms with van der Waals surface area (Å²) in [4.78, 5) is 23.1. The maximum absolute atomic E-state index is 12.3. The van der Waals surface area contributed by atoms with Gasteiger partial charge in [-0.3, -0.25) is 4.79 Å². The average Bonchev–Trinajstić information content (AvgIpc) is 2.91. The molecule has 21 heavy (non-hydrogen) atoms. The molecule has 0 fully saturated rings. The van der Waals surface area contributed by atoms with Crippen molar-refractivity contribution in [3.63, 3.8) is 0 Å². The summed E-state index contributed by atoms with van der Waals surface area (Å²) in [6, 6.07) is 13.6. The van der Waals surface area contributed by atoms with Crippen LogP contribution >= 0.6 is 11.3 Å². The molecule has 0 atom stereocenters. The SMILES string of the molecule is O=C([O-])c1cccc(NC(=O)c2csc3ccccc23)c1. The zero-order valence-corrected chi connectivity index (χ0v) is 11.6. The van der Waals surface area contributed by atoms with Crippen molar-refractivity contribution in [2.45, 2.75) is 0 Å². The van der Waals surface area contributed by atoms with Crippen LogP contribution in [0.5, 0.6) is 0 Å². The summed E-state index contributed by atoms with van der Waals surface area (Å²) in [5.41, 5.74) is 1.04. The van der Waals surface area contributed by atoms with E-state index in [1.165, 1.54) is 23.5 Å². The molecule has 3 rings (SSSR count). The molecule has 0 bridgehead atoms. The van der Waals surface area contributed by atoms with E-state index in [-0.39, 0.29) is 11.5 Å². The van der Waals surface area contributed by atoms with E-state index in [1.807, 2.05) is 24.3 Å². The van der Waals surface area contributed by atoms with Crippen LogP contribution in [0.2, 0.25) is 0 Å². The number of aromatic carboxylic acids is 1. The molecule has 3 aromatic rings. The van der Waals surface area contributed by atoms with Gasteiger partial charge in [-0.15, -0.1) is 11.3 Å². The molecule has 2 aromatic carbocycles. The fourth-order valence-corrected chi connectivity index (χ4v) is 3.02. The van der Waals surface area contributed by atoms with Crippen molar-refractivity contribution in [1.82, 2.24) is 0 Å². The van der Waals surface area contributed by atoms with Gasteiger partial charge in [0.05, 0.1) is 11.5 Å². The number of benzene rings is 2. The van der Waals surface area contributed by atoms with Crippen molar-refractivity contribution < 1.29 is 14.7 Å². The lowest BCUT2D eigenvalue weighted by atomic mass is 10.1. The highest BCUT2D eigenvalue weighted by Crippen LogP contribution is 2.26. The zero-order chi connectivity index (χ0) is 14.8. The molecule has 1 amide bonds. The van der Waals surface area contributed by atoms with E-state index in [2.05, 4.69) is 5.32 Å². The van der Waals surface area contributed by atoms with Crippen LogP contribution in [0.25, 0.3) is 10.1 Å². The second kappa shape index (κ2) is 5.38. The third-order valence-corrected chi connectivity index (χ3v) is 4.05. The van der Waals surface area contributed by atoms with Gasteiger partial charge in [0.1, 0.15) is 0 Å². The van der Waals surface area contributed by atoms with Crippen molar-refractivity contribution in [3.05, 3.63) is 65.0 Å². The Balaban J connectivity index is 1.90. The van der Waals surface area contributed by atoms with Crippen LogP contribution in [-0.2, 0) is 0 Å². The van der Waals surface area contributed by atoms with Crippen molar-refractivity contribution in [3.8, 4) is 0 Å². The average molecular weight is 296 g/mol. The second-order valence-electron chi connectivity index (χ2n) is 4.47. The summed E-state index contributed by atoms with van der Waals surface area (Å²) >= 11 is 1.50. The van der Waals surface area contributed by atoms with Crippen LogP contribution in [0.3, 0.4) is 0 Å². The summed E-state index contributed by atoms with van der Waals surface area (Å²) < 4.78 is 1.03. The minimum absolute atomic E-state index is 0.0305. The molecular weight excluding hydrogens is 286 g/mol. The summed E-state index contributed by atoms with van der Waals surface area (Å²) in [7, 11) is 0. The largest absolute Gasteiger partial charge is 0.545 e. The van der Waals surface area contributed by atoms with Gasteiger partial charge in [0.25, 0.3) is 5.91 Å². The van der Waals surface area contributed by atoms with Gasteiger partial charge in [-0.25, -0.2) is 0 Å². The molecule has 0 unspecified atom stereocenters. The minimum Gasteiger partial charge on any atom is -0.545 e. The van der Waals surface area contributed by atoms with Gasteiger partial charge < -0.3 is 15.2 Å². The number of hydrogen-bond donors (Lipinski definition) is 1. The van der Waals surface area contributed by atoms with Gasteiger partial charge >= 0.3 is 0 Å². The molecule has 1 aromatic heterocycles. The quantitative estimate of drug-likeness (QED) is 0.807. The molecule has 0 saturated heterocycles. The number of carbonyl (C=O) groups excluding carboxylic acids is 2. The van der Waals surface area contributed by atoms with E-state index >= 15 is 0 Å². The summed E-state index contributed by atoms with van der Waals surface area (Å²) in [5.74, 6) is -1.53. The monoisotopic (exact) mass is 296 g/mol. The van der Waals surface area contributed by atoms with Gasteiger partial charge in [0, 0.05) is 21.2 Å².